The van der Waals surface area contributed by atoms with E-state index < -0.39 is 0 Å². The van der Waals surface area contributed by atoms with Crippen molar-refractivity contribution in [2.24, 2.45) is 0 Å². The van der Waals surface area contributed by atoms with E-state index in [0.29, 0.717) is 22.8 Å². The van der Waals surface area contributed by atoms with Gasteiger partial charge in [0, 0.05) is 16.3 Å². The molecule has 1 N–H and O–H groups in total. The first-order valence-corrected chi connectivity index (χ1v) is 14.4. The molecule has 0 unspecified atom stereocenters. The predicted molar refractivity (Wildman–Crippen MR) is 173 cm³/mol. The van der Waals surface area contributed by atoms with Gasteiger partial charge in [0.15, 0.2) is 6.29 Å². The molecule has 2 aromatic heterocycles. The monoisotopic (exact) mass is 752 g/mol. The largest absolute Gasteiger partial charge is 0.455 e. The first-order chi connectivity index (χ1) is 19.6. The molecule has 0 amide bonds. The number of carbonyl (C=O) groups excluding carboxylic acids is 1. The van der Waals surface area contributed by atoms with Crippen molar-refractivity contribution in [1.29, 1.82) is 0 Å². The van der Waals surface area contributed by atoms with Crippen molar-refractivity contribution in [2.75, 3.05) is 0 Å². The molecular weight excluding hydrogens is 730 g/mol. The van der Waals surface area contributed by atoms with Crippen LogP contribution in [-0.4, -0.2) is 21.4 Å². The molecular formula is C32H22I2N2O4. The van der Waals surface area contributed by atoms with E-state index >= 15 is 0 Å². The lowest BCUT2D eigenvalue weighted by Gasteiger charge is -2.10. The summed E-state index contributed by atoms with van der Waals surface area (Å²) < 4.78 is 13.4. The highest BCUT2D eigenvalue weighted by molar-refractivity contribution is 14.1. The van der Waals surface area contributed by atoms with Crippen molar-refractivity contribution in [3.05, 3.63) is 128 Å². The molecule has 4 aromatic carbocycles. The lowest BCUT2D eigenvalue weighted by atomic mass is 10.2. The van der Waals surface area contributed by atoms with E-state index in [9.17, 15) is 9.90 Å². The summed E-state index contributed by atoms with van der Waals surface area (Å²) in [4.78, 5) is 19.7. The molecule has 0 atom stereocenters. The molecule has 0 aliphatic rings. The zero-order valence-corrected chi connectivity index (χ0v) is 25.3. The number of aromatic nitrogens is 2. The van der Waals surface area contributed by atoms with Crippen LogP contribution in [0.15, 0.2) is 109 Å². The third-order valence-corrected chi connectivity index (χ3v) is 8.30. The number of aldehydes is 1. The summed E-state index contributed by atoms with van der Waals surface area (Å²) in [5, 5.41) is 11.3. The second kappa shape index (κ2) is 13.2. The number of carbonyl (C=O) groups is 1. The van der Waals surface area contributed by atoms with Crippen LogP contribution in [0.4, 0.5) is 0 Å². The molecule has 0 fully saturated rings. The quantitative estimate of drug-likeness (QED) is 0.136. The SMILES string of the molecule is O=Cc1cccc(Oc2cnc3ccccc3c2)c1I.OCc1cccc(Oc2cnc3ccccc3c2)c1I. The highest BCUT2D eigenvalue weighted by Crippen LogP contribution is 2.31. The molecule has 0 aliphatic heterocycles. The van der Waals surface area contributed by atoms with E-state index in [1.807, 2.05) is 84.9 Å². The number of fused-ring (bicyclic) bond motifs is 2. The van der Waals surface area contributed by atoms with Crippen LogP contribution in [0, 0.1) is 7.14 Å². The molecule has 0 spiro atoms. The summed E-state index contributed by atoms with van der Waals surface area (Å²) >= 11 is 4.29. The molecule has 198 valence electrons. The second-order valence-electron chi connectivity index (χ2n) is 8.60. The number of rotatable bonds is 6. The molecule has 8 heteroatoms. The van der Waals surface area contributed by atoms with E-state index in [-0.39, 0.29) is 6.61 Å². The zero-order chi connectivity index (χ0) is 27.9. The summed E-state index contributed by atoms with van der Waals surface area (Å²) in [5.41, 5.74) is 3.35. The fourth-order valence-corrected chi connectivity index (χ4v) is 5.16. The summed E-state index contributed by atoms with van der Waals surface area (Å²) in [5.74, 6) is 2.74. The van der Waals surface area contributed by atoms with Gasteiger partial charge in [-0.1, -0.05) is 60.7 Å². The van der Waals surface area contributed by atoms with Gasteiger partial charge in [0.2, 0.25) is 0 Å². The van der Waals surface area contributed by atoms with Crippen LogP contribution >= 0.6 is 45.2 Å². The Morgan fingerprint density at radius 2 is 1.20 bits per heavy atom. The van der Waals surface area contributed by atoms with E-state index in [1.54, 1.807) is 24.5 Å². The van der Waals surface area contributed by atoms with Gasteiger partial charge in [0.05, 0.1) is 37.2 Å². The van der Waals surface area contributed by atoms with Crippen molar-refractivity contribution in [1.82, 2.24) is 9.97 Å². The molecule has 0 saturated carbocycles. The van der Waals surface area contributed by atoms with Crippen LogP contribution < -0.4 is 9.47 Å². The summed E-state index contributed by atoms with van der Waals surface area (Å²) in [6.07, 6.45) is 4.23. The maximum absolute atomic E-state index is 10.9. The third kappa shape index (κ3) is 6.57. The number of para-hydroxylation sites is 2. The van der Waals surface area contributed by atoms with Crippen LogP contribution in [0.25, 0.3) is 21.8 Å². The Balaban J connectivity index is 0.000000161. The number of halogens is 2. The topological polar surface area (TPSA) is 81.5 Å². The molecule has 0 aliphatic carbocycles. The molecule has 2 heterocycles. The van der Waals surface area contributed by atoms with Crippen LogP contribution in [0.2, 0.25) is 0 Å². The molecule has 0 radical (unpaired) electrons. The van der Waals surface area contributed by atoms with E-state index in [2.05, 4.69) is 55.1 Å². The van der Waals surface area contributed by atoms with Gasteiger partial charge in [-0.05, 0) is 87.1 Å². The fraction of sp³-hybridized carbons (Fsp3) is 0.0312. The van der Waals surface area contributed by atoms with Gasteiger partial charge in [0.25, 0.3) is 0 Å². The average molecular weight is 752 g/mol. The Morgan fingerprint density at radius 3 is 1.75 bits per heavy atom. The van der Waals surface area contributed by atoms with E-state index in [4.69, 9.17) is 9.47 Å². The average Bonchev–Trinajstić information content (AvgIpc) is 2.99. The number of aliphatic hydroxyl groups is 1. The number of pyridine rings is 2. The normalized spacial score (nSPS) is 10.6. The first kappa shape index (κ1) is 27.9. The van der Waals surface area contributed by atoms with Gasteiger partial charge in [-0.2, -0.15) is 0 Å². The van der Waals surface area contributed by atoms with Crippen molar-refractivity contribution in [3.63, 3.8) is 0 Å². The van der Waals surface area contributed by atoms with Crippen LogP contribution in [0.1, 0.15) is 15.9 Å². The number of hydrogen-bond acceptors (Lipinski definition) is 6. The van der Waals surface area contributed by atoms with Gasteiger partial charge in [-0.25, -0.2) is 0 Å². The molecule has 6 aromatic rings. The lowest BCUT2D eigenvalue weighted by molar-refractivity contribution is 0.112. The highest BCUT2D eigenvalue weighted by atomic mass is 127. The van der Waals surface area contributed by atoms with E-state index in [0.717, 1.165) is 46.5 Å². The molecule has 6 rings (SSSR count). The van der Waals surface area contributed by atoms with Crippen molar-refractivity contribution >= 4 is 73.3 Å². The number of ether oxygens (including phenoxy) is 2. The van der Waals surface area contributed by atoms with Crippen molar-refractivity contribution in [3.8, 4) is 23.0 Å². The zero-order valence-electron chi connectivity index (χ0n) is 21.0. The van der Waals surface area contributed by atoms with Gasteiger partial charge < -0.3 is 14.6 Å². The number of benzene rings is 4. The first-order valence-electron chi connectivity index (χ1n) is 12.2. The maximum Gasteiger partial charge on any atom is 0.151 e. The molecule has 0 bridgehead atoms. The van der Waals surface area contributed by atoms with Gasteiger partial charge in [-0.3, -0.25) is 14.8 Å². The second-order valence-corrected chi connectivity index (χ2v) is 10.8. The van der Waals surface area contributed by atoms with Gasteiger partial charge in [-0.15, -0.1) is 0 Å². The van der Waals surface area contributed by atoms with Crippen molar-refractivity contribution in [2.45, 2.75) is 6.61 Å². The van der Waals surface area contributed by atoms with Gasteiger partial charge in [0.1, 0.15) is 23.0 Å². The Bertz CT molecular complexity index is 1810. The molecule has 40 heavy (non-hydrogen) atoms. The standard InChI is InChI=1S/C16H12INO2.C16H10INO2/c2*17-16-12(10-19)5-3-7-15(16)20-13-8-11-4-1-2-6-14(11)18-9-13/h1-9,19H,10H2;1-10H. The summed E-state index contributed by atoms with van der Waals surface area (Å²) in [7, 11) is 0. The highest BCUT2D eigenvalue weighted by Gasteiger charge is 2.09. The number of aliphatic hydroxyl groups excluding tert-OH is 1. The minimum Gasteiger partial charge on any atom is -0.455 e. The Labute approximate surface area is 258 Å². The van der Waals surface area contributed by atoms with Crippen LogP contribution in [-0.2, 0) is 6.61 Å². The fourth-order valence-electron chi connectivity index (χ4n) is 3.92. The summed E-state index contributed by atoms with van der Waals surface area (Å²) in [6, 6.07) is 30.7. The minimum absolute atomic E-state index is 0.00540. The van der Waals surface area contributed by atoms with Crippen molar-refractivity contribution < 1.29 is 19.4 Å². The Kier molecular flexibility index (Phi) is 9.19. The molecule has 6 nitrogen and oxygen atoms in total. The lowest BCUT2D eigenvalue weighted by Crippen LogP contribution is -1.93. The Morgan fingerprint density at radius 1 is 0.675 bits per heavy atom. The maximum atomic E-state index is 10.9. The van der Waals surface area contributed by atoms with Crippen LogP contribution in [0.5, 0.6) is 23.0 Å². The van der Waals surface area contributed by atoms with Crippen LogP contribution in [0.3, 0.4) is 0 Å². The predicted octanol–water partition coefficient (Wildman–Crippen LogP) is 8.57. The number of hydrogen-bond donors (Lipinski definition) is 1. The number of nitrogens with zero attached hydrogens (tertiary/aromatic N) is 2. The van der Waals surface area contributed by atoms with E-state index in [1.165, 1.54) is 0 Å². The minimum atomic E-state index is 0.00540. The molecule has 0 saturated heterocycles. The Hall–Kier alpha value is -3.61. The van der Waals surface area contributed by atoms with Gasteiger partial charge >= 0.3 is 0 Å². The summed E-state index contributed by atoms with van der Waals surface area (Å²) in [6.45, 7) is 0.00540. The third-order valence-electron chi connectivity index (χ3n) is 5.92. The smallest absolute Gasteiger partial charge is 0.151 e.